The van der Waals surface area contributed by atoms with E-state index in [2.05, 4.69) is 11.0 Å². The Morgan fingerprint density at radius 1 is 1.00 bits per heavy atom. The molecule has 0 amide bonds. The summed E-state index contributed by atoms with van der Waals surface area (Å²) in [6, 6.07) is 14.3. The maximum atomic E-state index is 12.7. The molecular weight excluding hydrogens is 448 g/mol. The molecule has 2 N–H and O–H groups in total. The number of methoxy groups -OCH3 is 1. The van der Waals surface area contributed by atoms with Gasteiger partial charge in [-0.15, -0.1) is 0 Å². The van der Waals surface area contributed by atoms with Crippen LogP contribution in [0.25, 0.3) is 0 Å². The van der Waals surface area contributed by atoms with Gasteiger partial charge in [-0.2, -0.15) is 4.31 Å². The molecule has 9 nitrogen and oxygen atoms in total. The number of piperazine rings is 1. The lowest BCUT2D eigenvalue weighted by atomic mass is 10.2. The Hall–Kier alpha value is -2.66. The normalized spacial score (nSPS) is 14.9. The lowest BCUT2D eigenvalue weighted by molar-refractivity contribution is -0.159. The van der Waals surface area contributed by atoms with Crippen molar-refractivity contribution in [1.29, 1.82) is 0 Å². The van der Waals surface area contributed by atoms with E-state index in [1.165, 1.54) is 4.31 Å². The quantitative estimate of drug-likeness (QED) is 0.636. The average Bonchev–Trinajstić information content (AvgIpc) is 2.75. The lowest BCUT2D eigenvalue weighted by Gasteiger charge is -2.34. The van der Waals surface area contributed by atoms with E-state index in [1.54, 1.807) is 31.4 Å². The van der Waals surface area contributed by atoms with E-state index in [4.69, 9.17) is 36.1 Å². The summed E-state index contributed by atoms with van der Waals surface area (Å²) in [6.45, 7) is 3.14. The Labute approximate surface area is 185 Å². The van der Waals surface area contributed by atoms with Crippen molar-refractivity contribution >= 4 is 33.6 Å². The smallest absolute Gasteiger partial charge is 0.414 e. The molecule has 1 heterocycles. The van der Waals surface area contributed by atoms with Crippen molar-refractivity contribution in [2.45, 2.75) is 11.4 Å². The predicted molar refractivity (Wildman–Crippen MR) is 114 cm³/mol. The number of nitrogens with zero attached hydrogens (tertiary/aromatic N) is 2. The summed E-state index contributed by atoms with van der Waals surface area (Å²) in [4.78, 5) is 20.7. The molecule has 0 aromatic heterocycles. The minimum atomic E-state index is -3.46. The standard InChI is InChI=1S/C18H21ClN2O3S.C2H2O4/c1-24-17-4-2-3-15(13-17)14-20-9-11-21(12-10-20)25(22,23)18-7-5-16(19)6-8-18;3-1(4)2(5)6/h2-8,13H,9-12,14H2,1H3;(H,3,4)(H,5,6). The Morgan fingerprint density at radius 3 is 2.10 bits per heavy atom. The Morgan fingerprint density at radius 2 is 1.58 bits per heavy atom. The molecule has 3 rings (SSSR count). The topological polar surface area (TPSA) is 124 Å². The highest BCUT2D eigenvalue weighted by molar-refractivity contribution is 7.89. The third-order valence-corrected chi connectivity index (χ3v) is 6.67. The van der Waals surface area contributed by atoms with Crippen LogP contribution in [0.5, 0.6) is 5.75 Å². The highest BCUT2D eigenvalue weighted by atomic mass is 35.5. The monoisotopic (exact) mass is 470 g/mol. The Bertz CT molecular complexity index is 992. The largest absolute Gasteiger partial charge is 0.497 e. The maximum absolute atomic E-state index is 12.7. The molecular formula is C20H23ClN2O7S. The van der Waals surface area contributed by atoms with E-state index < -0.39 is 22.0 Å². The molecule has 0 spiro atoms. The van der Waals surface area contributed by atoms with Gasteiger partial charge in [0.25, 0.3) is 0 Å². The van der Waals surface area contributed by atoms with Crippen LogP contribution in [0.4, 0.5) is 0 Å². The van der Waals surface area contributed by atoms with Gasteiger partial charge in [-0.1, -0.05) is 23.7 Å². The fraction of sp³-hybridized carbons (Fsp3) is 0.300. The number of sulfonamides is 1. The van der Waals surface area contributed by atoms with Crippen LogP contribution in [-0.2, 0) is 26.2 Å². The third-order valence-electron chi connectivity index (χ3n) is 4.51. The number of hydrogen-bond donors (Lipinski definition) is 2. The molecule has 2 aromatic carbocycles. The van der Waals surface area contributed by atoms with Crippen LogP contribution >= 0.6 is 11.6 Å². The predicted octanol–water partition coefficient (Wildman–Crippen LogP) is 2.01. The molecule has 0 bridgehead atoms. The summed E-state index contributed by atoms with van der Waals surface area (Å²) in [7, 11) is -1.81. The fourth-order valence-electron chi connectivity index (χ4n) is 2.91. The van der Waals surface area contributed by atoms with E-state index in [0.29, 0.717) is 31.2 Å². The molecule has 1 fully saturated rings. The fourth-order valence-corrected chi connectivity index (χ4v) is 4.46. The molecule has 0 unspecified atom stereocenters. The zero-order valence-corrected chi connectivity index (χ0v) is 18.3. The zero-order valence-electron chi connectivity index (χ0n) is 16.8. The third kappa shape index (κ3) is 7.21. The Kier molecular flexibility index (Phi) is 8.81. The number of rotatable bonds is 5. The summed E-state index contributed by atoms with van der Waals surface area (Å²) in [5, 5.41) is 15.3. The first-order chi connectivity index (χ1) is 14.6. The van der Waals surface area contributed by atoms with Gasteiger partial charge in [0.2, 0.25) is 10.0 Å². The van der Waals surface area contributed by atoms with Crippen LogP contribution in [0.3, 0.4) is 0 Å². The van der Waals surface area contributed by atoms with Crippen LogP contribution in [-0.4, -0.2) is 73.1 Å². The molecule has 168 valence electrons. The molecule has 0 atom stereocenters. The van der Waals surface area contributed by atoms with Crippen molar-refractivity contribution in [2.75, 3.05) is 33.3 Å². The number of benzene rings is 2. The number of halogens is 1. The zero-order chi connectivity index (χ0) is 23.0. The van der Waals surface area contributed by atoms with Crippen molar-refractivity contribution in [1.82, 2.24) is 9.21 Å². The molecule has 11 heteroatoms. The summed E-state index contributed by atoms with van der Waals surface area (Å²) in [5.41, 5.74) is 1.16. The van der Waals surface area contributed by atoms with Gasteiger partial charge in [0.1, 0.15) is 5.75 Å². The average molecular weight is 471 g/mol. The van der Waals surface area contributed by atoms with Gasteiger partial charge in [-0.05, 0) is 42.0 Å². The second-order valence-electron chi connectivity index (χ2n) is 6.60. The first-order valence-electron chi connectivity index (χ1n) is 9.20. The summed E-state index contributed by atoms with van der Waals surface area (Å²) < 4.78 is 32.2. The van der Waals surface area contributed by atoms with Crippen molar-refractivity contribution in [3.8, 4) is 5.75 Å². The van der Waals surface area contributed by atoms with Gasteiger partial charge in [-0.25, -0.2) is 18.0 Å². The number of carboxylic acid groups (broad SMARTS) is 2. The van der Waals surface area contributed by atoms with E-state index in [9.17, 15) is 8.42 Å². The lowest BCUT2D eigenvalue weighted by Crippen LogP contribution is -2.48. The van der Waals surface area contributed by atoms with Crippen molar-refractivity contribution < 1.29 is 33.0 Å². The molecule has 31 heavy (non-hydrogen) atoms. The highest BCUT2D eigenvalue weighted by Crippen LogP contribution is 2.21. The van der Waals surface area contributed by atoms with Gasteiger partial charge in [-0.3, -0.25) is 4.90 Å². The minimum Gasteiger partial charge on any atom is -0.497 e. The summed E-state index contributed by atoms with van der Waals surface area (Å²) >= 11 is 5.84. The Balaban J connectivity index is 0.000000501. The van der Waals surface area contributed by atoms with Gasteiger partial charge in [0.15, 0.2) is 0 Å². The van der Waals surface area contributed by atoms with E-state index in [0.717, 1.165) is 17.9 Å². The number of ether oxygens (including phenoxy) is 1. The van der Waals surface area contributed by atoms with Crippen LogP contribution in [0.2, 0.25) is 5.02 Å². The molecule has 0 aliphatic carbocycles. The van der Waals surface area contributed by atoms with Gasteiger partial charge in [0.05, 0.1) is 12.0 Å². The van der Waals surface area contributed by atoms with E-state index >= 15 is 0 Å². The van der Waals surface area contributed by atoms with E-state index in [-0.39, 0.29) is 4.90 Å². The molecule has 0 radical (unpaired) electrons. The number of aliphatic carboxylic acids is 2. The van der Waals surface area contributed by atoms with E-state index in [1.807, 2.05) is 18.2 Å². The number of carbonyl (C=O) groups is 2. The molecule has 1 aliphatic heterocycles. The molecule has 0 saturated carbocycles. The SMILES string of the molecule is COc1cccc(CN2CCN(S(=O)(=O)c3ccc(Cl)cc3)CC2)c1.O=C(O)C(=O)O. The van der Waals surface area contributed by atoms with Crippen molar-refractivity contribution in [2.24, 2.45) is 0 Å². The highest BCUT2D eigenvalue weighted by Gasteiger charge is 2.28. The first kappa shape index (κ1) is 24.6. The number of hydrogen-bond acceptors (Lipinski definition) is 6. The van der Waals surface area contributed by atoms with Crippen LogP contribution in [0.15, 0.2) is 53.4 Å². The molecule has 1 aliphatic rings. The van der Waals surface area contributed by atoms with Crippen LogP contribution in [0, 0.1) is 0 Å². The second kappa shape index (κ2) is 11.1. The first-order valence-corrected chi connectivity index (χ1v) is 11.0. The van der Waals surface area contributed by atoms with Gasteiger partial charge >= 0.3 is 11.9 Å². The molecule has 2 aromatic rings. The second-order valence-corrected chi connectivity index (χ2v) is 8.97. The van der Waals surface area contributed by atoms with Gasteiger partial charge < -0.3 is 14.9 Å². The van der Waals surface area contributed by atoms with Gasteiger partial charge in [0, 0.05) is 37.7 Å². The summed E-state index contributed by atoms with van der Waals surface area (Å²) in [6.07, 6.45) is 0. The summed E-state index contributed by atoms with van der Waals surface area (Å²) in [5.74, 6) is -2.81. The maximum Gasteiger partial charge on any atom is 0.414 e. The van der Waals surface area contributed by atoms with Crippen molar-refractivity contribution in [3.63, 3.8) is 0 Å². The van der Waals surface area contributed by atoms with Crippen molar-refractivity contribution in [3.05, 3.63) is 59.1 Å². The number of carboxylic acids is 2. The van der Waals surface area contributed by atoms with Crippen LogP contribution < -0.4 is 4.74 Å². The minimum absolute atomic E-state index is 0.290. The van der Waals surface area contributed by atoms with Crippen LogP contribution in [0.1, 0.15) is 5.56 Å². The molecule has 1 saturated heterocycles.